The number of carboxylic acid groups (broad SMARTS) is 1. The van der Waals surface area contributed by atoms with E-state index in [-0.39, 0.29) is 0 Å². The Kier molecular flexibility index (Phi) is 4.82. The second-order valence-corrected chi connectivity index (χ2v) is 3.78. The lowest BCUT2D eigenvalue weighted by Crippen LogP contribution is -2.42. The number of carbonyl (C=O) groups excluding carboxylic acids is 1. The molecule has 0 aliphatic rings. The summed E-state index contributed by atoms with van der Waals surface area (Å²) >= 11 is 0. The topological polar surface area (TPSA) is 87.1 Å². The molecule has 0 saturated carbocycles. The highest BCUT2D eigenvalue weighted by Gasteiger charge is 2.25. The first-order chi connectivity index (χ1) is 8.47. The van der Waals surface area contributed by atoms with Crippen molar-refractivity contribution in [2.24, 2.45) is 0 Å². The van der Waals surface area contributed by atoms with Gasteiger partial charge in [0.25, 0.3) is 0 Å². The number of carbonyl (C=O) groups is 2. The van der Waals surface area contributed by atoms with Crippen molar-refractivity contribution in [3.63, 3.8) is 0 Å². The molecule has 98 valence electrons. The molecule has 0 fully saturated rings. The van der Waals surface area contributed by atoms with Crippen LogP contribution in [-0.2, 0) is 9.63 Å². The fourth-order valence-electron chi connectivity index (χ4n) is 1.39. The molecule has 1 aromatic rings. The summed E-state index contributed by atoms with van der Waals surface area (Å²) in [6, 6.07) is 5.52. The van der Waals surface area contributed by atoms with Crippen LogP contribution in [0.3, 0.4) is 0 Å². The van der Waals surface area contributed by atoms with Crippen molar-refractivity contribution in [3.8, 4) is 0 Å². The van der Waals surface area contributed by atoms with Crippen molar-refractivity contribution in [2.45, 2.75) is 13.0 Å². The summed E-state index contributed by atoms with van der Waals surface area (Å²) in [5.41, 5.74) is 1.08. The molecule has 6 nitrogen and oxygen atoms in total. The summed E-state index contributed by atoms with van der Waals surface area (Å²) in [6.07, 6.45) is 0. The number of hydroxylamine groups is 2. The van der Waals surface area contributed by atoms with Gasteiger partial charge in [-0.3, -0.25) is 4.79 Å². The number of carboxylic acids is 1. The number of hydrogen-bond donors (Lipinski definition) is 2. The molecule has 1 rings (SSSR count). The van der Waals surface area contributed by atoms with Crippen molar-refractivity contribution >= 4 is 11.9 Å². The van der Waals surface area contributed by atoms with Crippen LogP contribution in [0.4, 0.5) is 0 Å². The highest BCUT2D eigenvalue weighted by molar-refractivity contribution is 5.90. The van der Waals surface area contributed by atoms with Crippen LogP contribution in [0.15, 0.2) is 24.3 Å². The molecule has 0 amide bonds. The Labute approximate surface area is 104 Å². The maximum Gasteiger partial charge on any atom is 0.357 e. The van der Waals surface area contributed by atoms with Gasteiger partial charge in [-0.05, 0) is 18.6 Å². The lowest BCUT2D eigenvalue weighted by Gasteiger charge is -2.21. The number of aliphatic carboxylic acids is 1. The third-order valence-electron chi connectivity index (χ3n) is 2.49. The van der Waals surface area contributed by atoms with E-state index in [0.717, 1.165) is 10.6 Å². The summed E-state index contributed by atoms with van der Waals surface area (Å²) in [7, 11) is 1.28. The molecular weight excluding hydrogens is 238 g/mol. The zero-order valence-corrected chi connectivity index (χ0v) is 10.2. The number of hydrogen-bond acceptors (Lipinski definition) is 5. The van der Waals surface area contributed by atoms with Crippen molar-refractivity contribution in [1.82, 2.24) is 5.06 Å². The van der Waals surface area contributed by atoms with Crippen LogP contribution in [0, 0.1) is 6.92 Å². The van der Waals surface area contributed by atoms with Gasteiger partial charge in [-0.15, -0.1) is 5.06 Å². The molecule has 0 aliphatic heterocycles. The van der Waals surface area contributed by atoms with Gasteiger partial charge in [0.05, 0.1) is 12.2 Å². The van der Waals surface area contributed by atoms with Crippen LogP contribution in [0.25, 0.3) is 0 Å². The summed E-state index contributed by atoms with van der Waals surface area (Å²) < 4.78 is 0. The largest absolute Gasteiger partial charge is 0.480 e. The first-order valence-corrected chi connectivity index (χ1v) is 5.31. The molecule has 0 radical (unpaired) electrons. The van der Waals surface area contributed by atoms with Gasteiger partial charge in [0.2, 0.25) is 0 Å². The Hall–Kier alpha value is -1.92. The molecule has 0 heterocycles. The lowest BCUT2D eigenvalue weighted by molar-refractivity contribution is -0.168. The second-order valence-electron chi connectivity index (χ2n) is 3.78. The summed E-state index contributed by atoms with van der Waals surface area (Å²) in [5.74, 6) is -1.92. The van der Waals surface area contributed by atoms with Crippen LogP contribution >= 0.6 is 0 Å². The molecule has 1 atom stereocenters. The van der Waals surface area contributed by atoms with Crippen molar-refractivity contribution < 1.29 is 24.6 Å². The van der Waals surface area contributed by atoms with Crippen LogP contribution < -0.4 is 0 Å². The van der Waals surface area contributed by atoms with Crippen molar-refractivity contribution in [1.29, 1.82) is 0 Å². The van der Waals surface area contributed by atoms with Crippen LogP contribution in [0.5, 0.6) is 0 Å². The predicted molar refractivity (Wildman–Crippen MR) is 62.9 cm³/mol. The second kappa shape index (κ2) is 6.13. The molecule has 0 saturated heterocycles. The zero-order valence-electron chi connectivity index (χ0n) is 10.2. The fourth-order valence-corrected chi connectivity index (χ4v) is 1.39. The van der Waals surface area contributed by atoms with E-state index < -0.39 is 24.6 Å². The Morgan fingerprint density at radius 2 is 2.00 bits per heavy atom. The molecule has 0 aliphatic carbocycles. The van der Waals surface area contributed by atoms with Gasteiger partial charge in [0, 0.05) is 7.05 Å². The average Bonchev–Trinajstić information content (AvgIpc) is 2.29. The van der Waals surface area contributed by atoms with Gasteiger partial charge in [0.15, 0.2) is 6.04 Å². The Balaban J connectivity index is 2.76. The van der Waals surface area contributed by atoms with E-state index in [2.05, 4.69) is 0 Å². The van der Waals surface area contributed by atoms with E-state index in [9.17, 15) is 9.59 Å². The van der Waals surface area contributed by atoms with Gasteiger partial charge in [-0.25, -0.2) is 4.79 Å². The molecule has 0 aromatic heterocycles. The number of aliphatic hydroxyl groups is 1. The highest BCUT2D eigenvalue weighted by atomic mass is 16.7. The van der Waals surface area contributed by atoms with Gasteiger partial charge >= 0.3 is 11.9 Å². The van der Waals surface area contributed by atoms with E-state index in [1.807, 2.05) is 0 Å². The summed E-state index contributed by atoms with van der Waals surface area (Å²) in [6.45, 7) is 1.10. The summed E-state index contributed by atoms with van der Waals surface area (Å²) in [4.78, 5) is 27.4. The Morgan fingerprint density at radius 3 is 2.50 bits per heavy atom. The number of likely N-dealkylation sites (N-methyl/N-ethyl adjacent to an activating group) is 1. The van der Waals surface area contributed by atoms with Gasteiger partial charge in [0.1, 0.15) is 0 Å². The maximum atomic E-state index is 11.8. The van der Waals surface area contributed by atoms with E-state index in [4.69, 9.17) is 15.1 Å². The minimum Gasteiger partial charge on any atom is -0.480 e. The number of benzene rings is 1. The number of nitrogens with zero attached hydrogens (tertiary/aromatic N) is 1. The number of rotatable bonds is 5. The molecular formula is C12H15NO5. The zero-order chi connectivity index (χ0) is 13.7. The molecule has 1 aromatic carbocycles. The average molecular weight is 253 g/mol. The van der Waals surface area contributed by atoms with Gasteiger partial charge in [-0.2, -0.15) is 0 Å². The third kappa shape index (κ3) is 3.28. The maximum absolute atomic E-state index is 11.8. The van der Waals surface area contributed by atoms with Crippen LogP contribution in [-0.4, -0.2) is 46.9 Å². The van der Waals surface area contributed by atoms with E-state index in [1.165, 1.54) is 7.05 Å². The van der Waals surface area contributed by atoms with E-state index in [0.29, 0.717) is 5.56 Å². The molecule has 0 spiro atoms. The van der Waals surface area contributed by atoms with Crippen LogP contribution in [0.1, 0.15) is 15.9 Å². The first kappa shape index (κ1) is 14.1. The SMILES string of the molecule is Cc1ccccc1C(=O)ON(C)[C@@H](CO)C(=O)O. The third-order valence-corrected chi connectivity index (χ3v) is 2.49. The minimum atomic E-state index is -1.28. The Bertz CT molecular complexity index is 446. The number of aliphatic hydroxyl groups excluding tert-OH is 1. The predicted octanol–water partition coefficient (Wildman–Crippen LogP) is 0.444. The molecule has 0 unspecified atom stereocenters. The van der Waals surface area contributed by atoms with Gasteiger partial charge < -0.3 is 15.1 Å². The van der Waals surface area contributed by atoms with E-state index >= 15 is 0 Å². The van der Waals surface area contributed by atoms with Gasteiger partial charge in [-0.1, -0.05) is 18.2 Å². The molecule has 6 heteroatoms. The fraction of sp³-hybridized carbons (Fsp3) is 0.333. The smallest absolute Gasteiger partial charge is 0.357 e. The standard InChI is InChI=1S/C12H15NO5/c1-8-5-3-4-6-9(8)12(17)18-13(2)10(7-14)11(15)16/h3-6,10,14H,7H2,1-2H3,(H,15,16)/t10-/m0/s1. The normalized spacial score (nSPS) is 12.2. The van der Waals surface area contributed by atoms with Crippen molar-refractivity contribution in [3.05, 3.63) is 35.4 Å². The molecule has 0 bridgehead atoms. The quantitative estimate of drug-likeness (QED) is 0.741. The first-order valence-electron chi connectivity index (χ1n) is 5.31. The molecule has 18 heavy (non-hydrogen) atoms. The van der Waals surface area contributed by atoms with Crippen molar-refractivity contribution in [2.75, 3.05) is 13.7 Å². The van der Waals surface area contributed by atoms with E-state index in [1.54, 1.807) is 31.2 Å². The highest BCUT2D eigenvalue weighted by Crippen LogP contribution is 2.10. The number of aryl methyl sites for hydroxylation is 1. The van der Waals surface area contributed by atoms with Crippen LogP contribution in [0.2, 0.25) is 0 Å². The lowest BCUT2D eigenvalue weighted by atomic mass is 10.1. The monoisotopic (exact) mass is 253 g/mol. The Morgan fingerprint density at radius 1 is 1.39 bits per heavy atom. The minimum absolute atomic E-state index is 0.353. The summed E-state index contributed by atoms with van der Waals surface area (Å²) in [5, 5.41) is 18.5. The molecule has 2 N–H and O–H groups in total.